The highest BCUT2D eigenvalue weighted by molar-refractivity contribution is 6.00. The molecule has 2 N–H and O–H groups in total. The Labute approximate surface area is 157 Å². The van der Waals surface area contributed by atoms with E-state index in [-0.39, 0.29) is 30.6 Å². The van der Waals surface area contributed by atoms with Crippen LogP contribution in [-0.2, 0) is 9.59 Å². The number of nitrogens with one attached hydrogen (secondary N) is 1. The molecule has 6 nitrogen and oxygen atoms in total. The summed E-state index contributed by atoms with van der Waals surface area (Å²) in [6.07, 6.45) is -0.247. The van der Waals surface area contributed by atoms with E-state index >= 15 is 0 Å². The fraction of sp³-hybridized carbons (Fsp3) is 0.400. The topological polar surface area (TPSA) is 82.8 Å². The van der Waals surface area contributed by atoms with Crippen LogP contribution in [0.25, 0.3) is 0 Å². The highest BCUT2D eigenvalue weighted by Crippen LogP contribution is 2.26. The predicted octanol–water partition coefficient (Wildman–Crippen LogP) is 2.63. The molecule has 2 heterocycles. The number of hydrogen-bond donors (Lipinski definition) is 2. The maximum atomic E-state index is 13.0. The Bertz CT molecular complexity index is 831. The van der Waals surface area contributed by atoms with Crippen molar-refractivity contribution in [1.82, 2.24) is 5.32 Å². The summed E-state index contributed by atoms with van der Waals surface area (Å²) >= 11 is 0. The number of amides is 2. The van der Waals surface area contributed by atoms with Gasteiger partial charge in [0.05, 0.1) is 12.0 Å². The number of hydrogen-bond acceptors (Lipinski definition) is 4. The average molecular weight is 374 g/mol. The first-order chi connectivity index (χ1) is 12.8. The van der Waals surface area contributed by atoms with Crippen molar-refractivity contribution in [1.29, 1.82) is 0 Å². The van der Waals surface area contributed by atoms with Gasteiger partial charge in [-0.25, -0.2) is 4.39 Å². The first-order valence-electron chi connectivity index (χ1n) is 8.94. The quantitative estimate of drug-likeness (QED) is 0.814. The first kappa shape index (κ1) is 19.1. The van der Waals surface area contributed by atoms with Crippen molar-refractivity contribution in [2.75, 3.05) is 18.0 Å². The van der Waals surface area contributed by atoms with Gasteiger partial charge in [-0.1, -0.05) is 0 Å². The normalized spacial score (nSPS) is 18.0. The van der Waals surface area contributed by atoms with Gasteiger partial charge in [-0.2, -0.15) is 0 Å². The average Bonchev–Trinajstić information content (AvgIpc) is 3.17. The highest BCUT2D eigenvalue weighted by atomic mass is 19.1. The summed E-state index contributed by atoms with van der Waals surface area (Å²) in [5.41, 5.74) is 1.30. The standard InChI is InChI=1S/C20H23FN2O4/c1-12-9-17(13(2)27-12)18(24)7-8-22-20(26)14-10-19(25)23(11-14)16-5-3-15(21)4-6-16/h3-6,9,14,18,24H,7-8,10-11H2,1-2H3,(H,22,26)/t14-,18+/m1/s1. The molecule has 2 atom stereocenters. The monoisotopic (exact) mass is 374 g/mol. The molecular weight excluding hydrogens is 351 g/mol. The van der Waals surface area contributed by atoms with Crippen LogP contribution >= 0.6 is 0 Å². The summed E-state index contributed by atoms with van der Waals surface area (Å²) in [5.74, 6) is 0.184. The molecule has 7 heteroatoms. The second-order valence-corrected chi connectivity index (χ2v) is 6.85. The molecule has 1 saturated heterocycles. The number of aryl methyl sites for hydroxylation is 2. The number of benzene rings is 1. The molecule has 1 aromatic carbocycles. The molecule has 0 saturated carbocycles. The molecule has 3 rings (SSSR count). The van der Waals surface area contributed by atoms with Gasteiger partial charge >= 0.3 is 0 Å². The summed E-state index contributed by atoms with van der Waals surface area (Å²) < 4.78 is 18.4. The second kappa shape index (κ2) is 7.92. The fourth-order valence-corrected chi connectivity index (χ4v) is 3.37. The molecular formula is C20H23FN2O4. The molecule has 2 amide bonds. The Kier molecular flexibility index (Phi) is 5.60. The minimum atomic E-state index is -0.719. The lowest BCUT2D eigenvalue weighted by molar-refractivity contribution is -0.126. The van der Waals surface area contributed by atoms with Crippen molar-refractivity contribution >= 4 is 17.5 Å². The molecule has 1 aromatic heterocycles. The SMILES string of the molecule is Cc1cc([C@@H](O)CCNC(=O)[C@@H]2CC(=O)N(c3ccc(F)cc3)C2)c(C)o1. The van der Waals surface area contributed by atoms with E-state index < -0.39 is 12.0 Å². The zero-order valence-corrected chi connectivity index (χ0v) is 15.4. The molecule has 1 aliphatic heterocycles. The number of aliphatic hydroxyl groups is 1. The number of halogens is 1. The maximum Gasteiger partial charge on any atom is 0.227 e. The van der Waals surface area contributed by atoms with Crippen LogP contribution in [0.4, 0.5) is 10.1 Å². The predicted molar refractivity (Wildman–Crippen MR) is 97.6 cm³/mol. The van der Waals surface area contributed by atoms with Crippen molar-refractivity contribution in [3.8, 4) is 0 Å². The summed E-state index contributed by atoms with van der Waals surface area (Å²) in [6.45, 7) is 4.16. The number of furan rings is 1. The minimum absolute atomic E-state index is 0.117. The molecule has 2 aromatic rings. The number of nitrogens with zero attached hydrogens (tertiary/aromatic N) is 1. The molecule has 1 aliphatic rings. The minimum Gasteiger partial charge on any atom is -0.466 e. The Balaban J connectivity index is 1.51. The zero-order chi connectivity index (χ0) is 19.6. The van der Waals surface area contributed by atoms with Crippen molar-refractivity contribution < 1.29 is 23.5 Å². The van der Waals surface area contributed by atoms with Crippen molar-refractivity contribution in [3.63, 3.8) is 0 Å². The van der Waals surface area contributed by atoms with Crippen LogP contribution in [0.2, 0.25) is 0 Å². The van der Waals surface area contributed by atoms with Gasteiger partial charge in [0.1, 0.15) is 17.3 Å². The van der Waals surface area contributed by atoms with Crippen LogP contribution < -0.4 is 10.2 Å². The van der Waals surface area contributed by atoms with Gasteiger partial charge in [-0.05, 0) is 50.6 Å². The van der Waals surface area contributed by atoms with E-state index in [2.05, 4.69) is 5.32 Å². The van der Waals surface area contributed by atoms with Gasteiger partial charge in [0.15, 0.2) is 0 Å². The summed E-state index contributed by atoms with van der Waals surface area (Å²) in [6, 6.07) is 7.42. The lowest BCUT2D eigenvalue weighted by atomic mass is 10.1. The second-order valence-electron chi connectivity index (χ2n) is 6.85. The van der Waals surface area contributed by atoms with E-state index in [4.69, 9.17) is 4.42 Å². The molecule has 144 valence electrons. The molecule has 0 spiro atoms. The van der Waals surface area contributed by atoms with Crippen molar-refractivity contribution in [2.24, 2.45) is 5.92 Å². The van der Waals surface area contributed by atoms with Gasteiger partial charge in [-0.15, -0.1) is 0 Å². The number of carbonyl (C=O) groups excluding carboxylic acids is 2. The first-order valence-corrected chi connectivity index (χ1v) is 8.94. The van der Waals surface area contributed by atoms with E-state index in [1.165, 1.54) is 29.2 Å². The third-order valence-electron chi connectivity index (χ3n) is 4.79. The van der Waals surface area contributed by atoms with Crippen molar-refractivity contribution in [3.05, 3.63) is 53.2 Å². The number of rotatable bonds is 6. The van der Waals surface area contributed by atoms with Gasteiger partial charge < -0.3 is 19.7 Å². The number of carbonyl (C=O) groups is 2. The van der Waals surface area contributed by atoms with E-state index in [1.54, 1.807) is 13.0 Å². The maximum absolute atomic E-state index is 13.0. The van der Waals surface area contributed by atoms with Crippen molar-refractivity contribution in [2.45, 2.75) is 32.8 Å². The van der Waals surface area contributed by atoms with Crippen LogP contribution in [0.3, 0.4) is 0 Å². The number of anilines is 1. The Hall–Kier alpha value is -2.67. The molecule has 27 heavy (non-hydrogen) atoms. The molecule has 0 bridgehead atoms. The smallest absolute Gasteiger partial charge is 0.227 e. The van der Waals surface area contributed by atoms with Crippen LogP contribution in [-0.4, -0.2) is 30.0 Å². The molecule has 1 fully saturated rings. The highest BCUT2D eigenvalue weighted by Gasteiger charge is 2.35. The summed E-state index contributed by atoms with van der Waals surface area (Å²) in [4.78, 5) is 26.0. The van der Waals surface area contributed by atoms with Crippen LogP contribution in [0.5, 0.6) is 0 Å². The Morgan fingerprint density at radius 1 is 1.37 bits per heavy atom. The van der Waals surface area contributed by atoms with Crippen LogP contribution in [0.15, 0.2) is 34.7 Å². The number of aliphatic hydroxyl groups excluding tert-OH is 1. The Morgan fingerprint density at radius 2 is 2.07 bits per heavy atom. The summed E-state index contributed by atoms with van der Waals surface area (Å²) in [5, 5.41) is 13.0. The van der Waals surface area contributed by atoms with Gasteiger partial charge in [0, 0.05) is 30.8 Å². The van der Waals surface area contributed by atoms with E-state index in [9.17, 15) is 19.1 Å². The fourth-order valence-electron chi connectivity index (χ4n) is 3.37. The lowest BCUT2D eigenvalue weighted by Crippen LogP contribution is -2.34. The van der Waals surface area contributed by atoms with E-state index in [0.717, 1.165) is 11.3 Å². The third-order valence-corrected chi connectivity index (χ3v) is 4.79. The van der Waals surface area contributed by atoms with Gasteiger partial charge in [-0.3, -0.25) is 9.59 Å². The van der Waals surface area contributed by atoms with Crippen LogP contribution in [0.1, 0.15) is 36.0 Å². The van der Waals surface area contributed by atoms with Gasteiger partial charge in [0.25, 0.3) is 0 Å². The van der Waals surface area contributed by atoms with E-state index in [0.29, 0.717) is 24.4 Å². The zero-order valence-electron chi connectivity index (χ0n) is 15.4. The van der Waals surface area contributed by atoms with Gasteiger partial charge in [0.2, 0.25) is 11.8 Å². The van der Waals surface area contributed by atoms with Crippen LogP contribution in [0, 0.1) is 25.6 Å². The molecule has 0 radical (unpaired) electrons. The largest absolute Gasteiger partial charge is 0.466 e. The lowest BCUT2D eigenvalue weighted by Gasteiger charge is -2.17. The van der Waals surface area contributed by atoms with E-state index in [1.807, 2.05) is 6.92 Å². The Morgan fingerprint density at radius 3 is 2.70 bits per heavy atom. The molecule has 0 unspecified atom stereocenters. The third kappa shape index (κ3) is 4.36. The summed E-state index contributed by atoms with van der Waals surface area (Å²) in [7, 11) is 0. The molecule has 0 aliphatic carbocycles.